The average molecular weight is 812 g/mol. The highest BCUT2D eigenvalue weighted by Crippen LogP contribution is 2.54. The van der Waals surface area contributed by atoms with E-state index in [1.165, 1.54) is 57.0 Å². The average Bonchev–Trinajstić information content (AvgIpc) is 3.90. The molecule has 0 aliphatic carbocycles. The van der Waals surface area contributed by atoms with E-state index in [1.807, 2.05) is 0 Å². The fourth-order valence-corrected chi connectivity index (χ4v) is 7.89. The Morgan fingerprint density at radius 3 is 2.57 bits per heavy atom. The molecule has 3 aromatic heterocycles. The van der Waals surface area contributed by atoms with Gasteiger partial charge in [0, 0.05) is 35.7 Å². The zero-order chi connectivity index (χ0) is 39.6. The zero-order valence-electron chi connectivity index (χ0n) is 29.7. The van der Waals surface area contributed by atoms with E-state index in [0.717, 1.165) is 4.57 Å². The second kappa shape index (κ2) is 16.4. The van der Waals surface area contributed by atoms with Gasteiger partial charge in [0.2, 0.25) is 0 Å². The highest BCUT2D eigenvalue weighted by atomic mass is 35.5. The van der Waals surface area contributed by atoms with E-state index in [0.29, 0.717) is 10.6 Å². The van der Waals surface area contributed by atoms with Crippen LogP contribution in [0, 0.1) is 6.92 Å². The molecule has 2 aliphatic heterocycles. The summed E-state index contributed by atoms with van der Waals surface area (Å²) >= 11 is 6.08. The maximum absolute atomic E-state index is 14.8. The third-order valence-corrected chi connectivity index (χ3v) is 10.7. The first-order valence-corrected chi connectivity index (χ1v) is 19.0. The Morgan fingerprint density at radius 2 is 1.84 bits per heavy atom. The number of anilines is 1. The van der Waals surface area contributed by atoms with Gasteiger partial charge in [0.05, 0.1) is 32.2 Å². The van der Waals surface area contributed by atoms with Gasteiger partial charge in [-0.15, -0.1) is 0 Å². The molecule has 19 nitrogen and oxygen atoms in total. The van der Waals surface area contributed by atoms with Crippen LogP contribution in [0.4, 0.5) is 5.82 Å². The van der Waals surface area contributed by atoms with Gasteiger partial charge in [0.15, 0.2) is 17.0 Å². The van der Waals surface area contributed by atoms with E-state index in [-0.39, 0.29) is 41.3 Å². The Hall–Kier alpha value is -5.27. The van der Waals surface area contributed by atoms with Crippen molar-refractivity contribution >= 4 is 48.3 Å². The van der Waals surface area contributed by atoms with Crippen molar-refractivity contribution < 1.29 is 47.0 Å². The topological polar surface area (TPSA) is 237 Å². The van der Waals surface area contributed by atoms with Crippen LogP contribution < -0.4 is 21.1 Å². The number of phosphoric ester groups is 1. The zero-order valence-corrected chi connectivity index (χ0v) is 31.4. The third-order valence-electron chi connectivity index (χ3n) is 9.02. The van der Waals surface area contributed by atoms with Crippen molar-refractivity contribution in [1.29, 1.82) is 0 Å². The van der Waals surface area contributed by atoms with Gasteiger partial charge in [-0.25, -0.2) is 24.3 Å². The molecule has 5 aromatic rings. The van der Waals surface area contributed by atoms with Crippen LogP contribution in [-0.2, 0) is 32.6 Å². The summed E-state index contributed by atoms with van der Waals surface area (Å²) in [5, 5.41) is 13.5. The van der Waals surface area contributed by atoms with Crippen LogP contribution >= 0.6 is 19.4 Å². The van der Waals surface area contributed by atoms with Crippen LogP contribution in [0.2, 0.25) is 5.02 Å². The van der Waals surface area contributed by atoms with E-state index in [1.54, 1.807) is 34.9 Å². The quantitative estimate of drug-likeness (QED) is 0.114. The number of ether oxygens (including phenoxy) is 3. The molecule has 1 unspecified atom stereocenters. The number of fused-ring (bicyclic) bond motifs is 1. The summed E-state index contributed by atoms with van der Waals surface area (Å²) in [4.78, 5) is 64.9. The summed E-state index contributed by atoms with van der Waals surface area (Å²) in [5.41, 5.74) is -0.180. The molecule has 2 aromatic carbocycles. The maximum Gasteiger partial charge on any atom is 0.530 e. The van der Waals surface area contributed by atoms with Crippen LogP contribution in [-0.4, -0.2) is 90.3 Å². The Balaban J connectivity index is 1.17. The smallest absolute Gasteiger partial charge is 0.460 e. The van der Waals surface area contributed by atoms with Crippen molar-refractivity contribution in [2.24, 2.45) is 0 Å². The van der Waals surface area contributed by atoms with Crippen LogP contribution in [0.1, 0.15) is 41.5 Å². The monoisotopic (exact) mass is 811 g/mol. The fraction of sp³-hybridized carbons (Fsp3) is 0.343. The lowest BCUT2D eigenvalue weighted by molar-refractivity contribution is -0.150. The van der Waals surface area contributed by atoms with Crippen molar-refractivity contribution in [2.75, 3.05) is 25.1 Å². The van der Waals surface area contributed by atoms with Gasteiger partial charge in [-0.2, -0.15) is 0 Å². The van der Waals surface area contributed by atoms with Gasteiger partial charge in [-0.05, 0) is 43.3 Å². The number of aromatic nitrogens is 6. The number of aliphatic hydroxyl groups excluding tert-OH is 1. The molecular weight excluding hydrogens is 777 g/mol. The number of phosphoric acid groups is 1. The molecular formula is C35H35ClN7O12P. The maximum atomic E-state index is 14.8. The first-order valence-electron chi connectivity index (χ1n) is 17.2. The van der Waals surface area contributed by atoms with Gasteiger partial charge in [-0.3, -0.25) is 33.0 Å². The highest BCUT2D eigenvalue weighted by molar-refractivity contribution is 7.49. The predicted molar refractivity (Wildman–Crippen MR) is 196 cm³/mol. The first-order chi connectivity index (χ1) is 26.9. The number of imidazole rings is 1. The van der Waals surface area contributed by atoms with Crippen molar-refractivity contribution in [3.63, 3.8) is 0 Å². The second-order valence-electron chi connectivity index (χ2n) is 12.8. The van der Waals surface area contributed by atoms with Gasteiger partial charge < -0.3 is 33.7 Å². The normalized spacial score (nSPS) is 23.1. The number of hydrogen-bond acceptors (Lipinski definition) is 15. The summed E-state index contributed by atoms with van der Waals surface area (Å²) in [6.07, 6.45) is -1.38. The first kappa shape index (κ1) is 39.0. The number of aliphatic hydroxyl groups is 1. The number of esters is 1. The molecule has 7 atom stereocenters. The Labute approximate surface area is 322 Å². The van der Waals surface area contributed by atoms with Crippen LogP contribution in [0.3, 0.4) is 0 Å². The molecule has 21 heteroatoms. The lowest BCUT2D eigenvalue weighted by Crippen LogP contribution is -2.35. The van der Waals surface area contributed by atoms with Gasteiger partial charge in [-0.1, -0.05) is 29.8 Å². The fourth-order valence-electron chi connectivity index (χ4n) is 6.32. The summed E-state index contributed by atoms with van der Waals surface area (Å²) in [7, 11) is -4.74. The van der Waals surface area contributed by atoms with E-state index in [9.17, 15) is 28.8 Å². The van der Waals surface area contributed by atoms with Crippen molar-refractivity contribution in [3.8, 4) is 5.75 Å². The van der Waals surface area contributed by atoms with Crippen LogP contribution in [0.15, 0.2) is 83.0 Å². The summed E-state index contributed by atoms with van der Waals surface area (Å²) in [6.45, 7) is 1.55. The second-order valence-corrected chi connectivity index (χ2v) is 14.8. The number of rotatable bonds is 13. The highest BCUT2D eigenvalue weighted by Gasteiger charge is 2.48. The Kier molecular flexibility index (Phi) is 11.5. The van der Waals surface area contributed by atoms with Gasteiger partial charge in [0.25, 0.3) is 11.5 Å². The van der Waals surface area contributed by atoms with E-state index in [4.69, 9.17) is 39.4 Å². The summed E-state index contributed by atoms with van der Waals surface area (Å²) < 4.78 is 52.9. The molecule has 3 N–H and O–H groups in total. The third kappa shape index (κ3) is 8.43. The minimum atomic E-state index is -4.74. The summed E-state index contributed by atoms with van der Waals surface area (Å²) in [5.74, 6) is -0.889. The number of nitrogens with zero attached hydrogens (tertiary/aromatic N) is 5. The molecule has 56 heavy (non-hydrogen) atoms. The molecule has 0 spiro atoms. The largest absolute Gasteiger partial charge is 0.530 e. The number of halogens is 1. The number of aryl methyl sites for hydroxylation is 1. The minimum absolute atomic E-state index is 0.0172. The number of H-pyrrole nitrogens is 1. The molecule has 2 saturated heterocycles. The molecule has 7 rings (SSSR count). The number of carbonyl (C=O) groups is 2. The molecule has 294 valence electrons. The van der Waals surface area contributed by atoms with E-state index < -0.39 is 80.8 Å². The number of aromatic amines is 1. The Morgan fingerprint density at radius 1 is 1.07 bits per heavy atom. The van der Waals surface area contributed by atoms with Crippen LogP contribution in [0.5, 0.6) is 5.75 Å². The Bertz CT molecular complexity index is 2390. The number of nitrogens with one attached hydrogen (secondary N) is 2. The van der Waals surface area contributed by atoms with Crippen molar-refractivity contribution in [2.45, 2.75) is 57.0 Å². The van der Waals surface area contributed by atoms with Gasteiger partial charge >= 0.3 is 19.5 Å². The van der Waals surface area contributed by atoms with Gasteiger partial charge in [0.1, 0.15) is 42.7 Å². The number of benzene rings is 2. The predicted octanol–water partition coefficient (Wildman–Crippen LogP) is 3.33. The number of carbonyl (C=O) groups excluding carboxylic acids is 2. The molecule has 2 aliphatic rings. The number of amides is 1. The van der Waals surface area contributed by atoms with E-state index in [2.05, 4.69) is 25.3 Å². The standard InChI is InChI=1S/C35H35ClN7O12P/c1-19-13-42(35(48)41-33(19)46)28-12-25(52-20(2)45)27(53-28)16-51-56(49,54-23-10-8-22(36)9-11-23)55-30-24(15-50-26(30)14-44)43-18-39-29-31(37-17-38-32(29)43)40-34(47)21-6-4-3-5-7-21/h3-11,13,17-18,24-28,30,44H,12,14-16H2,1-2H3,(H,41,46,48)(H,37,38,40,47)/t24-,25+,26-,27-,28-,30+,56?/m1/s1. The molecule has 0 bridgehead atoms. The summed E-state index contributed by atoms with van der Waals surface area (Å²) in [6, 6.07) is 13.6. The van der Waals surface area contributed by atoms with Crippen LogP contribution in [0.25, 0.3) is 11.2 Å². The molecule has 5 heterocycles. The van der Waals surface area contributed by atoms with E-state index >= 15 is 0 Å². The molecule has 0 saturated carbocycles. The minimum Gasteiger partial charge on any atom is -0.460 e. The molecule has 1 amide bonds. The number of hydrogen-bond donors (Lipinski definition) is 3. The molecule has 2 fully saturated rings. The lowest BCUT2D eigenvalue weighted by Gasteiger charge is -2.28. The van der Waals surface area contributed by atoms with Crippen molar-refractivity contribution in [3.05, 3.63) is 110 Å². The SMILES string of the molecule is CC(=O)O[C@H]1C[C@H](n2cc(C)c(=O)[nH]c2=O)O[C@@H]1COP(=O)(Oc1ccc(Cl)cc1)O[C@H]1[C@H](n2cnc3c(NC(=O)c4ccccc4)ncnc32)CO[C@@H]1CO. The lowest BCUT2D eigenvalue weighted by atomic mass is 10.1. The molecule has 0 radical (unpaired) electrons. The van der Waals surface area contributed by atoms with Crippen molar-refractivity contribution in [1.82, 2.24) is 29.1 Å².